The molecule has 0 radical (unpaired) electrons. The molecule has 7 heteroatoms. The second kappa shape index (κ2) is 4.99. The van der Waals surface area contributed by atoms with Gasteiger partial charge in [-0.1, -0.05) is 0 Å². The van der Waals surface area contributed by atoms with Gasteiger partial charge in [-0.2, -0.15) is 0 Å². The molecule has 0 aromatic heterocycles. The summed E-state index contributed by atoms with van der Waals surface area (Å²) in [6, 6.07) is 0. The fraction of sp³-hybridized carbons (Fsp3) is 1.00. The minimum atomic E-state index is -1.42. The van der Waals surface area contributed by atoms with Gasteiger partial charge in [0.25, 0.3) is 0 Å². The first kappa shape index (κ1) is 11.8. The molecule has 14 heavy (non-hydrogen) atoms. The lowest BCUT2D eigenvalue weighted by Gasteiger charge is -2.39. The number of rotatable bonds is 3. The van der Waals surface area contributed by atoms with Crippen molar-refractivity contribution < 1.29 is 29.9 Å². The minimum absolute atomic E-state index is 0.192. The molecule has 0 aliphatic carbocycles. The second-order valence-corrected chi connectivity index (χ2v) is 3.03. The zero-order valence-electron chi connectivity index (χ0n) is 7.48. The third-order valence-electron chi connectivity index (χ3n) is 2.11. The van der Waals surface area contributed by atoms with E-state index in [-0.39, 0.29) is 6.73 Å². The van der Waals surface area contributed by atoms with E-state index in [1.165, 1.54) is 0 Å². The maximum Gasteiger partial charge on any atom is 0.188 e. The van der Waals surface area contributed by atoms with Crippen LogP contribution in [-0.2, 0) is 9.47 Å². The highest BCUT2D eigenvalue weighted by Crippen LogP contribution is 2.21. The van der Waals surface area contributed by atoms with Crippen LogP contribution < -0.4 is 5.73 Å². The van der Waals surface area contributed by atoms with Crippen molar-refractivity contribution in [3.63, 3.8) is 0 Å². The van der Waals surface area contributed by atoms with Gasteiger partial charge in [0.2, 0.25) is 0 Å². The van der Waals surface area contributed by atoms with E-state index in [9.17, 15) is 15.3 Å². The number of aliphatic hydroxyl groups excluding tert-OH is 4. The van der Waals surface area contributed by atoms with Gasteiger partial charge >= 0.3 is 0 Å². The van der Waals surface area contributed by atoms with Crippen molar-refractivity contribution in [1.82, 2.24) is 0 Å². The van der Waals surface area contributed by atoms with E-state index in [2.05, 4.69) is 0 Å². The van der Waals surface area contributed by atoms with Gasteiger partial charge in [-0.05, 0) is 0 Å². The van der Waals surface area contributed by atoms with Crippen LogP contribution in [0.15, 0.2) is 0 Å². The van der Waals surface area contributed by atoms with Crippen LogP contribution in [0.4, 0.5) is 0 Å². The Morgan fingerprint density at radius 2 is 1.79 bits per heavy atom. The molecule has 1 rings (SSSR count). The van der Waals surface area contributed by atoms with Gasteiger partial charge in [0.05, 0.1) is 13.3 Å². The Balaban J connectivity index is 2.63. The van der Waals surface area contributed by atoms with E-state index in [0.717, 1.165) is 0 Å². The van der Waals surface area contributed by atoms with Gasteiger partial charge < -0.3 is 35.6 Å². The summed E-state index contributed by atoms with van der Waals surface area (Å²) in [5.41, 5.74) is 5.07. The van der Waals surface area contributed by atoms with Gasteiger partial charge in [-0.3, -0.25) is 0 Å². The molecule has 1 aliphatic heterocycles. The van der Waals surface area contributed by atoms with Crippen LogP contribution in [0.25, 0.3) is 0 Å². The number of hydrogen-bond donors (Lipinski definition) is 5. The number of aliphatic hydroxyl groups is 4. The normalized spacial score (nSPS) is 43.9. The molecular formula is C7H15NO6. The first-order valence-electron chi connectivity index (χ1n) is 4.24. The van der Waals surface area contributed by atoms with Crippen molar-refractivity contribution in [2.24, 2.45) is 5.73 Å². The lowest BCUT2D eigenvalue weighted by Crippen LogP contribution is -2.59. The maximum atomic E-state index is 9.36. The second-order valence-electron chi connectivity index (χ2n) is 3.03. The summed E-state index contributed by atoms with van der Waals surface area (Å²) >= 11 is 0. The summed E-state index contributed by atoms with van der Waals surface area (Å²) < 4.78 is 9.73. The zero-order chi connectivity index (χ0) is 10.7. The summed E-state index contributed by atoms with van der Waals surface area (Å²) in [4.78, 5) is 0. The Kier molecular flexibility index (Phi) is 4.20. The van der Waals surface area contributed by atoms with Crippen LogP contribution in [0.1, 0.15) is 0 Å². The predicted molar refractivity (Wildman–Crippen MR) is 43.9 cm³/mol. The van der Waals surface area contributed by atoms with Crippen molar-refractivity contribution in [1.29, 1.82) is 0 Å². The Morgan fingerprint density at radius 1 is 1.14 bits per heavy atom. The SMILES string of the molecule is NCOC1OC(CO)C(O)C(O)C1O. The van der Waals surface area contributed by atoms with Crippen LogP contribution in [0.2, 0.25) is 0 Å². The summed E-state index contributed by atoms with van der Waals surface area (Å²) in [5, 5.41) is 36.8. The standard InChI is InChI=1S/C7H15NO6/c8-2-13-7-6(12)5(11)4(10)3(1-9)14-7/h3-7,9-12H,1-2,8H2. The maximum absolute atomic E-state index is 9.36. The topological polar surface area (TPSA) is 125 Å². The van der Waals surface area contributed by atoms with Crippen LogP contribution >= 0.6 is 0 Å². The average Bonchev–Trinajstić information content (AvgIpc) is 2.19. The smallest absolute Gasteiger partial charge is 0.188 e. The predicted octanol–water partition coefficient (Wildman–Crippen LogP) is -3.28. The van der Waals surface area contributed by atoms with E-state index in [4.69, 9.17) is 20.3 Å². The van der Waals surface area contributed by atoms with Crippen molar-refractivity contribution in [2.45, 2.75) is 30.7 Å². The van der Waals surface area contributed by atoms with Crippen molar-refractivity contribution in [3.8, 4) is 0 Å². The molecule has 84 valence electrons. The summed E-state index contributed by atoms with van der Waals surface area (Å²) in [5.74, 6) is 0. The van der Waals surface area contributed by atoms with Crippen molar-refractivity contribution >= 4 is 0 Å². The largest absolute Gasteiger partial charge is 0.394 e. The Bertz CT molecular complexity index is 176. The first-order chi connectivity index (χ1) is 6.61. The zero-order valence-corrected chi connectivity index (χ0v) is 7.48. The Labute approximate surface area is 80.7 Å². The molecule has 1 aliphatic rings. The van der Waals surface area contributed by atoms with Crippen molar-refractivity contribution in [2.75, 3.05) is 13.3 Å². The fourth-order valence-electron chi connectivity index (χ4n) is 1.30. The van der Waals surface area contributed by atoms with E-state index in [1.54, 1.807) is 0 Å². The van der Waals surface area contributed by atoms with Gasteiger partial charge in [-0.25, -0.2) is 0 Å². The van der Waals surface area contributed by atoms with Gasteiger partial charge in [0.1, 0.15) is 24.4 Å². The molecule has 5 unspecified atom stereocenters. The number of ether oxygens (including phenoxy) is 2. The number of hydrogen-bond acceptors (Lipinski definition) is 7. The molecule has 0 aromatic rings. The molecule has 1 saturated heterocycles. The lowest BCUT2D eigenvalue weighted by molar-refractivity contribution is -0.300. The first-order valence-corrected chi connectivity index (χ1v) is 4.24. The molecule has 0 aromatic carbocycles. The molecule has 7 nitrogen and oxygen atoms in total. The monoisotopic (exact) mass is 209 g/mol. The Hall–Kier alpha value is -0.280. The minimum Gasteiger partial charge on any atom is -0.394 e. The van der Waals surface area contributed by atoms with E-state index >= 15 is 0 Å². The molecule has 0 amide bonds. The fourth-order valence-corrected chi connectivity index (χ4v) is 1.30. The molecule has 0 spiro atoms. The molecule has 0 bridgehead atoms. The molecule has 6 N–H and O–H groups in total. The highest BCUT2D eigenvalue weighted by Gasteiger charge is 2.43. The number of nitrogens with two attached hydrogens (primary N) is 1. The third kappa shape index (κ3) is 2.20. The van der Waals surface area contributed by atoms with Crippen LogP contribution in [0.3, 0.4) is 0 Å². The lowest BCUT2D eigenvalue weighted by atomic mass is 9.99. The summed E-state index contributed by atoms with van der Waals surface area (Å²) in [6.45, 7) is -0.669. The summed E-state index contributed by atoms with van der Waals surface area (Å²) in [7, 11) is 0. The van der Waals surface area contributed by atoms with E-state index in [1.807, 2.05) is 0 Å². The third-order valence-corrected chi connectivity index (χ3v) is 2.11. The van der Waals surface area contributed by atoms with Gasteiger partial charge in [-0.15, -0.1) is 0 Å². The van der Waals surface area contributed by atoms with Crippen molar-refractivity contribution in [3.05, 3.63) is 0 Å². The van der Waals surface area contributed by atoms with Crippen LogP contribution in [0.5, 0.6) is 0 Å². The molecular weight excluding hydrogens is 194 g/mol. The molecule has 1 heterocycles. The molecule has 5 atom stereocenters. The van der Waals surface area contributed by atoms with Crippen LogP contribution in [-0.4, -0.2) is 64.5 Å². The molecule has 1 fully saturated rings. The average molecular weight is 209 g/mol. The van der Waals surface area contributed by atoms with Gasteiger partial charge in [0, 0.05) is 0 Å². The highest BCUT2D eigenvalue weighted by molar-refractivity contribution is 4.88. The van der Waals surface area contributed by atoms with Crippen LogP contribution in [0, 0.1) is 0 Å². The van der Waals surface area contributed by atoms with Gasteiger partial charge in [0.15, 0.2) is 6.29 Å². The summed E-state index contributed by atoms with van der Waals surface area (Å²) in [6.07, 6.45) is -6.25. The Morgan fingerprint density at radius 3 is 2.29 bits per heavy atom. The molecule has 0 saturated carbocycles. The van der Waals surface area contributed by atoms with E-state index in [0.29, 0.717) is 0 Å². The quantitative estimate of drug-likeness (QED) is 0.308. The van der Waals surface area contributed by atoms with E-state index < -0.39 is 37.3 Å². The highest BCUT2D eigenvalue weighted by atomic mass is 16.7.